The fourth-order valence-electron chi connectivity index (χ4n) is 2.52. The molecule has 1 saturated carbocycles. The smallest absolute Gasteiger partial charge is 0.251 e. The van der Waals surface area contributed by atoms with Gasteiger partial charge in [0, 0.05) is 29.6 Å². The molecule has 5 heteroatoms. The van der Waals surface area contributed by atoms with E-state index in [1.807, 2.05) is 0 Å². The fourth-order valence-corrected chi connectivity index (χ4v) is 2.65. The third-order valence-corrected chi connectivity index (χ3v) is 3.94. The molecular weight excluding hydrogens is 288 g/mol. The van der Waals surface area contributed by atoms with Gasteiger partial charge in [-0.2, -0.15) is 0 Å². The molecule has 1 aliphatic rings. The average molecular weight is 309 g/mol. The van der Waals surface area contributed by atoms with Crippen molar-refractivity contribution in [3.8, 4) is 0 Å². The number of nitrogens with one attached hydrogen (secondary N) is 2. The predicted molar refractivity (Wildman–Crippen MR) is 83.4 cm³/mol. The molecule has 2 N–H and O–H groups in total. The van der Waals surface area contributed by atoms with Crippen LogP contribution in [0.5, 0.6) is 0 Å². The second-order valence-corrected chi connectivity index (χ2v) is 5.85. The third-order valence-electron chi connectivity index (χ3n) is 3.69. The van der Waals surface area contributed by atoms with Gasteiger partial charge in [-0.25, -0.2) is 0 Å². The molecular formula is C16H21ClN2O2. The lowest BCUT2D eigenvalue weighted by atomic mass is 10.2. The minimum atomic E-state index is -0.136. The zero-order valence-electron chi connectivity index (χ0n) is 12.0. The van der Waals surface area contributed by atoms with Crippen LogP contribution in [0.2, 0.25) is 5.02 Å². The van der Waals surface area contributed by atoms with Crippen LogP contribution in [0.3, 0.4) is 0 Å². The van der Waals surface area contributed by atoms with Gasteiger partial charge < -0.3 is 10.6 Å². The lowest BCUT2D eigenvalue weighted by molar-refractivity contribution is -0.121. The largest absolute Gasteiger partial charge is 0.353 e. The van der Waals surface area contributed by atoms with E-state index in [0.29, 0.717) is 36.0 Å². The van der Waals surface area contributed by atoms with E-state index in [-0.39, 0.29) is 11.8 Å². The molecule has 0 aliphatic heterocycles. The van der Waals surface area contributed by atoms with Crippen molar-refractivity contribution in [3.05, 3.63) is 34.9 Å². The summed E-state index contributed by atoms with van der Waals surface area (Å²) in [5.74, 6) is -0.0505. The van der Waals surface area contributed by atoms with E-state index in [1.165, 1.54) is 12.8 Å². The quantitative estimate of drug-likeness (QED) is 0.794. The zero-order valence-corrected chi connectivity index (χ0v) is 12.8. The molecule has 0 heterocycles. The molecule has 1 aromatic carbocycles. The molecule has 2 rings (SSSR count). The topological polar surface area (TPSA) is 58.2 Å². The molecule has 0 bridgehead atoms. The van der Waals surface area contributed by atoms with E-state index >= 15 is 0 Å². The predicted octanol–water partition coefficient (Wildman–Crippen LogP) is 2.91. The monoisotopic (exact) mass is 308 g/mol. The Morgan fingerprint density at radius 3 is 2.48 bits per heavy atom. The Kier molecular flexibility index (Phi) is 6.05. The Hall–Kier alpha value is -1.55. The highest BCUT2D eigenvalue weighted by Crippen LogP contribution is 2.17. The van der Waals surface area contributed by atoms with Crippen LogP contribution in [0, 0.1) is 0 Å². The first-order valence-electron chi connectivity index (χ1n) is 7.48. The first-order chi connectivity index (χ1) is 10.1. The molecule has 0 spiro atoms. The molecule has 1 aromatic rings. The molecule has 2 amide bonds. The second-order valence-electron chi connectivity index (χ2n) is 5.42. The minimum absolute atomic E-state index is 0.0858. The highest BCUT2D eigenvalue weighted by molar-refractivity contribution is 6.30. The van der Waals surface area contributed by atoms with Gasteiger partial charge in [0.25, 0.3) is 5.91 Å². The van der Waals surface area contributed by atoms with E-state index < -0.39 is 0 Å². The number of benzene rings is 1. The summed E-state index contributed by atoms with van der Waals surface area (Å²) < 4.78 is 0. The van der Waals surface area contributed by atoms with Crippen LogP contribution in [0.15, 0.2) is 24.3 Å². The molecule has 0 saturated heterocycles. The number of rotatable bonds is 6. The van der Waals surface area contributed by atoms with Crippen LogP contribution in [-0.2, 0) is 4.79 Å². The van der Waals surface area contributed by atoms with E-state index in [0.717, 1.165) is 12.8 Å². The Morgan fingerprint density at radius 1 is 1.14 bits per heavy atom. The maximum Gasteiger partial charge on any atom is 0.251 e. The van der Waals surface area contributed by atoms with Crippen molar-refractivity contribution in [1.29, 1.82) is 0 Å². The highest BCUT2D eigenvalue weighted by Gasteiger charge is 2.16. The van der Waals surface area contributed by atoms with E-state index in [2.05, 4.69) is 10.6 Å². The summed E-state index contributed by atoms with van der Waals surface area (Å²) in [6, 6.07) is 7.10. The van der Waals surface area contributed by atoms with Crippen LogP contribution in [0.1, 0.15) is 48.9 Å². The third kappa shape index (κ3) is 5.38. The van der Waals surface area contributed by atoms with Crippen molar-refractivity contribution < 1.29 is 9.59 Å². The summed E-state index contributed by atoms with van der Waals surface area (Å²) in [6.45, 7) is 0.500. The van der Waals surface area contributed by atoms with Gasteiger partial charge in [-0.15, -0.1) is 0 Å². The SMILES string of the molecule is O=C(CCCNC(=O)c1ccc(Cl)cc1)NC1CCCC1. The number of amides is 2. The normalized spacial score (nSPS) is 14.9. The van der Waals surface area contributed by atoms with E-state index in [4.69, 9.17) is 11.6 Å². The van der Waals surface area contributed by atoms with Gasteiger partial charge >= 0.3 is 0 Å². The Bertz CT molecular complexity index is 482. The van der Waals surface area contributed by atoms with Crippen molar-refractivity contribution >= 4 is 23.4 Å². The van der Waals surface area contributed by atoms with Crippen molar-refractivity contribution in [1.82, 2.24) is 10.6 Å². The molecule has 1 aliphatic carbocycles. The molecule has 21 heavy (non-hydrogen) atoms. The molecule has 0 unspecified atom stereocenters. The van der Waals surface area contributed by atoms with Gasteiger partial charge in [-0.1, -0.05) is 24.4 Å². The minimum Gasteiger partial charge on any atom is -0.353 e. The van der Waals surface area contributed by atoms with Gasteiger partial charge in [-0.05, 0) is 43.5 Å². The second kappa shape index (κ2) is 8.03. The van der Waals surface area contributed by atoms with Crippen molar-refractivity contribution in [2.24, 2.45) is 0 Å². The number of carbonyl (C=O) groups is 2. The molecule has 114 valence electrons. The van der Waals surface area contributed by atoms with Gasteiger partial charge in [0.15, 0.2) is 0 Å². The van der Waals surface area contributed by atoms with Crippen LogP contribution in [-0.4, -0.2) is 24.4 Å². The Labute approximate surface area is 130 Å². The fraction of sp³-hybridized carbons (Fsp3) is 0.500. The highest BCUT2D eigenvalue weighted by atomic mass is 35.5. The van der Waals surface area contributed by atoms with Crippen molar-refractivity contribution in [2.75, 3.05) is 6.54 Å². The van der Waals surface area contributed by atoms with Crippen LogP contribution in [0.4, 0.5) is 0 Å². The molecule has 0 radical (unpaired) electrons. The summed E-state index contributed by atoms with van der Waals surface area (Å²) in [5.41, 5.74) is 0.579. The summed E-state index contributed by atoms with van der Waals surface area (Å²) in [6.07, 6.45) is 5.72. The van der Waals surface area contributed by atoms with E-state index in [1.54, 1.807) is 24.3 Å². The lowest BCUT2D eigenvalue weighted by Crippen LogP contribution is -2.33. The Balaban J connectivity index is 1.61. The van der Waals surface area contributed by atoms with Crippen molar-refractivity contribution in [2.45, 2.75) is 44.6 Å². The summed E-state index contributed by atoms with van der Waals surface area (Å²) >= 11 is 5.77. The summed E-state index contributed by atoms with van der Waals surface area (Å²) in [5, 5.41) is 6.45. The number of hydrogen-bond donors (Lipinski definition) is 2. The number of hydrogen-bond acceptors (Lipinski definition) is 2. The van der Waals surface area contributed by atoms with Crippen LogP contribution < -0.4 is 10.6 Å². The zero-order chi connectivity index (χ0) is 15.1. The summed E-state index contributed by atoms with van der Waals surface area (Å²) in [4.78, 5) is 23.5. The maximum absolute atomic E-state index is 11.8. The molecule has 0 atom stereocenters. The first kappa shape index (κ1) is 15.8. The standard InChI is InChI=1S/C16H21ClN2O2/c17-13-9-7-12(8-10-13)16(21)18-11-3-6-15(20)19-14-4-1-2-5-14/h7-10,14H,1-6,11H2,(H,18,21)(H,19,20). The van der Waals surface area contributed by atoms with Gasteiger partial charge in [0.2, 0.25) is 5.91 Å². The van der Waals surface area contributed by atoms with Gasteiger partial charge in [0.1, 0.15) is 0 Å². The Morgan fingerprint density at radius 2 is 1.81 bits per heavy atom. The van der Waals surface area contributed by atoms with Crippen LogP contribution in [0.25, 0.3) is 0 Å². The van der Waals surface area contributed by atoms with Crippen LogP contribution >= 0.6 is 11.6 Å². The average Bonchev–Trinajstić information content (AvgIpc) is 2.97. The van der Waals surface area contributed by atoms with E-state index in [9.17, 15) is 9.59 Å². The maximum atomic E-state index is 11.8. The number of halogens is 1. The molecule has 4 nitrogen and oxygen atoms in total. The van der Waals surface area contributed by atoms with Gasteiger partial charge in [-0.3, -0.25) is 9.59 Å². The number of carbonyl (C=O) groups excluding carboxylic acids is 2. The van der Waals surface area contributed by atoms with Crippen molar-refractivity contribution in [3.63, 3.8) is 0 Å². The molecule has 1 fully saturated rings. The summed E-state index contributed by atoms with van der Waals surface area (Å²) in [7, 11) is 0. The molecule has 0 aromatic heterocycles. The first-order valence-corrected chi connectivity index (χ1v) is 7.86. The lowest BCUT2D eigenvalue weighted by Gasteiger charge is -2.11. The van der Waals surface area contributed by atoms with Gasteiger partial charge in [0.05, 0.1) is 0 Å².